The van der Waals surface area contributed by atoms with Crippen LogP contribution in [0.1, 0.15) is 357 Å². The molecule has 0 saturated heterocycles. The summed E-state index contributed by atoms with van der Waals surface area (Å²) in [6, 6.07) is 0. The molecule has 0 aromatic carbocycles. The summed E-state index contributed by atoms with van der Waals surface area (Å²) in [6.45, 7) is 47.5. The van der Waals surface area contributed by atoms with Crippen molar-refractivity contribution in [3.8, 4) is 0 Å². The molecule has 0 heteroatoms. The molecule has 6 saturated carbocycles. The zero-order valence-corrected chi connectivity index (χ0v) is 51.0. The van der Waals surface area contributed by atoms with Gasteiger partial charge in [-0.15, -0.1) is 0 Å². The third-order valence-electron chi connectivity index (χ3n) is 17.1. The van der Waals surface area contributed by atoms with Crippen molar-refractivity contribution >= 4 is 0 Å². The second-order valence-corrected chi connectivity index (χ2v) is 25.3. The first-order valence-corrected chi connectivity index (χ1v) is 31.4. The van der Waals surface area contributed by atoms with Crippen LogP contribution in [0.15, 0.2) is 0 Å². The fourth-order valence-electron chi connectivity index (χ4n) is 13.2. The van der Waals surface area contributed by atoms with E-state index in [1.165, 1.54) is 180 Å². The average molecular weight is 932 g/mol. The summed E-state index contributed by atoms with van der Waals surface area (Å²) >= 11 is 0. The molecule has 66 heavy (non-hydrogen) atoms. The van der Waals surface area contributed by atoms with E-state index in [-0.39, 0.29) is 0 Å². The van der Waals surface area contributed by atoms with Gasteiger partial charge in [-0.2, -0.15) is 0 Å². The molecule has 0 spiro atoms. The summed E-state index contributed by atoms with van der Waals surface area (Å²) in [5, 5.41) is 0. The third-order valence-corrected chi connectivity index (χ3v) is 17.1. The highest BCUT2D eigenvalue weighted by atomic mass is 14.4. The van der Waals surface area contributed by atoms with E-state index in [0.29, 0.717) is 16.2 Å². The van der Waals surface area contributed by atoms with Gasteiger partial charge in [-0.3, -0.25) is 0 Å². The molecule has 2 bridgehead atoms. The molecule has 6 atom stereocenters. The number of hydrogen-bond donors (Lipinski definition) is 0. The van der Waals surface area contributed by atoms with Crippen molar-refractivity contribution in [2.45, 2.75) is 357 Å². The Balaban J connectivity index is -0.000000719. The molecular weight excluding hydrogens is 793 g/mol. The molecule has 0 aromatic rings. The molecule has 6 unspecified atom stereocenters. The molecule has 0 N–H and O–H groups in total. The van der Waals surface area contributed by atoms with Crippen LogP contribution in [0.3, 0.4) is 0 Å². The predicted octanol–water partition coefficient (Wildman–Crippen LogP) is 24.8. The van der Waals surface area contributed by atoms with Crippen molar-refractivity contribution in [3.63, 3.8) is 0 Å². The summed E-state index contributed by atoms with van der Waals surface area (Å²) in [5.74, 6) is 9.44. The second kappa shape index (κ2) is 43.8. The van der Waals surface area contributed by atoms with Gasteiger partial charge < -0.3 is 0 Å². The predicted molar refractivity (Wildman–Crippen MR) is 310 cm³/mol. The molecule has 6 fully saturated rings. The summed E-state index contributed by atoms with van der Waals surface area (Å²) in [4.78, 5) is 0. The molecular formula is C66H138. The van der Waals surface area contributed by atoms with Gasteiger partial charge in [-0.05, 0) is 121 Å². The van der Waals surface area contributed by atoms with Crippen LogP contribution in [0.4, 0.5) is 0 Å². The summed E-state index contributed by atoms with van der Waals surface area (Å²) in [5.41, 5.74) is 1.78. The first kappa shape index (κ1) is 70.3. The Morgan fingerprint density at radius 3 is 1.24 bits per heavy atom. The Labute approximate surface area is 424 Å². The van der Waals surface area contributed by atoms with Crippen LogP contribution in [0.5, 0.6) is 0 Å². The van der Waals surface area contributed by atoms with Crippen molar-refractivity contribution in [1.82, 2.24) is 0 Å². The molecule has 0 radical (unpaired) electrons. The first-order chi connectivity index (χ1) is 31.4. The Kier molecular flexibility index (Phi) is 46.6. The first-order valence-electron chi connectivity index (χ1n) is 31.4. The lowest BCUT2D eigenvalue weighted by atomic mass is 9.60. The van der Waals surface area contributed by atoms with E-state index in [1.54, 1.807) is 32.1 Å². The average Bonchev–Trinajstić information content (AvgIpc) is 3.93. The highest BCUT2D eigenvalue weighted by molar-refractivity contribution is 4.89. The van der Waals surface area contributed by atoms with Crippen molar-refractivity contribution < 1.29 is 0 Å². The maximum absolute atomic E-state index is 2.46. The number of fused-ring (bicyclic) bond motifs is 2. The highest BCUT2D eigenvalue weighted by Crippen LogP contribution is 2.50. The lowest BCUT2D eigenvalue weighted by Gasteiger charge is -2.45. The van der Waals surface area contributed by atoms with Gasteiger partial charge in [0.1, 0.15) is 0 Å². The van der Waals surface area contributed by atoms with E-state index in [9.17, 15) is 0 Å². The van der Waals surface area contributed by atoms with Gasteiger partial charge in [0.15, 0.2) is 0 Å². The molecule has 0 aliphatic heterocycles. The van der Waals surface area contributed by atoms with Crippen LogP contribution in [0.25, 0.3) is 0 Å². The maximum Gasteiger partial charge on any atom is -0.0321 e. The third kappa shape index (κ3) is 37.8. The van der Waals surface area contributed by atoms with E-state index >= 15 is 0 Å². The van der Waals surface area contributed by atoms with Crippen molar-refractivity contribution in [2.24, 2.45) is 69.5 Å². The van der Waals surface area contributed by atoms with E-state index in [0.717, 1.165) is 53.3 Å². The number of hydrogen-bond acceptors (Lipinski definition) is 0. The Hall–Kier alpha value is 0. The number of rotatable bonds is 13. The summed E-state index contributed by atoms with van der Waals surface area (Å²) in [7, 11) is 0. The zero-order chi connectivity index (χ0) is 51.0. The van der Waals surface area contributed by atoms with Gasteiger partial charge >= 0.3 is 0 Å². The summed E-state index contributed by atoms with van der Waals surface area (Å²) in [6.07, 6.45) is 48.5. The monoisotopic (exact) mass is 931 g/mol. The van der Waals surface area contributed by atoms with Gasteiger partial charge in [0.05, 0.1) is 0 Å². The quantitative estimate of drug-likeness (QED) is 0.161. The van der Waals surface area contributed by atoms with Gasteiger partial charge in [-0.25, -0.2) is 0 Å². The minimum atomic E-state index is 0.564. The zero-order valence-electron chi connectivity index (χ0n) is 51.0. The van der Waals surface area contributed by atoms with Gasteiger partial charge in [0.2, 0.25) is 0 Å². The smallest absolute Gasteiger partial charge is 0.0321 e. The number of unbranched alkanes of at least 4 members (excludes halogenated alkanes) is 5. The molecule has 0 nitrogen and oxygen atoms in total. The standard InChI is InChI=1S/C15H28.C12H24.C11H24.C8H14.C8H18.C6H12.3C2H6/c1-12-3-7-14(8-4-12)11-15-9-5-13(2)6-10-15;1-6-12(5)8-10(2)7-11(3,4)9-12;1-6-8-10(3)9-11(4,5)7-2;1-6-4-7-2-3-8(6)5-7;1-3-5-7-8-6-4-2;1-2-4-6-5-3-1;3*1-2/h12-15H,3-11H2,1-2H3;10H,6-9H2,1-5H3;10H,6-9H2,1-5H3;6-8H,2-5H2,1H3;3-8H2,1-2H3;1-6H2;3*1-2H3. The van der Waals surface area contributed by atoms with Crippen molar-refractivity contribution in [3.05, 3.63) is 0 Å². The van der Waals surface area contributed by atoms with Crippen LogP contribution in [-0.4, -0.2) is 0 Å². The minimum absolute atomic E-state index is 0.564. The second-order valence-electron chi connectivity index (χ2n) is 25.3. The van der Waals surface area contributed by atoms with E-state index in [4.69, 9.17) is 0 Å². The topological polar surface area (TPSA) is 0 Å². The maximum atomic E-state index is 2.46. The molecule has 0 aromatic heterocycles. The fraction of sp³-hybridized carbons (Fsp3) is 1.00. The fourth-order valence-corrected chi connectivity index (χ4v) is 13.2. The Morgan fingerprint density at radius 2 is 0.955 bits per heavy atom. The Bertz CT molecular complexity index is 913. The molecule has 6 rings (SSSR count). The van der Waals surface area contributed by atoms with Crippen LogP contribution < -0.4 is 0 Å². The lowest BCUT2D eigenvalue weighted by Crippen LogP contribution is -2.34. The van der Waals surface area contributed by atoms with Gasteiger partial charge in [-0.1, -0.05) is 306 Å². The van der Waals surface area contributed by atoms with E-state index in [1.807, 2.05) is 41.5 Å². The molecule has 0 amide bonds. The molecule has 6 aliphatic carbocycles. The molecule has 0 heterocycles. The van der Waals surface area contributed by atoms with Crippen LogP contribution in [0, 0.1) is 69.5 Å². The SMILES string of the molecule is C1CCCCC1.CC.CC.CC.CC1CC2CCC1C2.CC1CCC(CC2CCC(C)CC2)CC1.CCC1(C)CC(C)CC(C)(C)C1.CCCC(C)CC(C)(C)CC.CCCCCCCC. The van der Waals surface area contributed by atoms with E-state index < -0.39 is 0 Å². The van der Waals surface area contributed by atoms with Crippen LogP contribution >= 0.6 is 0 Å². The van der Waals surface area contributed by atoms with E-state index in [2.05, 4.69) is 104 Å². The highest BCUT2D eigenvalue weighted by Gasteiger charge is 2.38. The minimum Gasteiger partial charge on any atom is -0.0683 e. The van der Waals surface area contributed by atoms with Crippen molar-refractivity contribution in [1.29, 1.82) is 0 Å². The normalized spacial score (nSPS) is 29.8. The summed E-state index contributed by atoms with van der Waals surface area (Å²) < 4.78 is 0. The van der Waals surface area contributed by atoms with Gasteiger partial charge in [0, 0.05) is 0 Å². The largest absolute Gasteiger partial charge is 0.0683 e. The van der Waals surface area contributed by atoms with Crippen molar-refractivity contribution in [2.75, 3.05) is 0 Å². The Morgan fingerprint density at radius 1 is 0.515 bits per heavy atom. The molecule has 6 aliphatic rings. The van der Waals surface area contributed by atoms with Crippen LogP contribution in [-0.2, 0) is 0 Å². The lowest BCUT2D eigenvalue weighted by molar-refractivity contribution is 0.0581. The molecule has 402 valence electrons. The van der Waals surface area contributed by atoms with Gasteiger partial charge in [0.25, 0.3) is 0 Å². The van der Waals surface area contributed by atoms with Crippen LogP contribution in [0.2, 0.25) is 0 Å².